The molecular weight excluding hydrogens is 400 g/mol. The van der Waals surface area contributed by atoms with E-state index < -0.39 is 29.4 Å². The first-order valence-electron chi connectivity index (χ1n) is 10.5. The number of aryl methyl sites for hydroxylation is 1. The maximum atomic E-state index is 15.5. The van der Waals surface area contributed by atoms with Gasteiger partial charge in [-0.05, 0) is 19.1 Å². The highest BCUT2D eigenvalue weighted by Gasteiger charge is 2.50. The number of nitrogens with zero attached hydrogens (tertiary/aromatic N) is 3. The van der Waals surface area contributed by atoms with Crippen LogP contribution in [0.5, 0.6) is 0 Å². The van der Waals surface area contributed by atoms with Crippen LogP contribution in [0.4, 0.5) is 8.78 Å². The lowest BCUT2D eigenvalue weighted by Gasteiger charge is -2.30. The van der Waals surface area contributed by atoms with Gasteiger partial charge in [0.05, 0.1) is 18.3 Å². The zero-order valence-corrected chi connectivity index (χ0v) is 18.4. The van der Waals surface area contributed by atoms with Gasteiger partial charge in [-0.1, -0.05) is 18.5 Å². The Kier molecular flexibility index (Phi) is 5.15. The number of fused-ring (bicyclic) bond motifs is 4. The summed E-state index contributed by atoms with van der Waals surface area (Å²) < 4.78 is 41.3. The summed E-state index contributed by atoms with van der Waals surface area (Å²) in [5, 5.41) is 0. The van der Waals surface area contributed by atoms with Gasteiger partial charge < -0.3 is 4.74 Å². The van der Waals surface area contributed by atoms with Gasteiger partial charge >= 0.3 is 17.9 Å². The van der Waals surface area contributed by atoms with Gasteiger partial charge in [0.2, 0.25) is 11.2 Å². The van der Waals surface area contributed by atoms with E-state index in [1.807, 2.05) is 37.2 Å². The predicted octanol–water partition coefficient (Wildman–Crippen LogP) is 4.11. The lowest BCUT2D eigenvalue weighted by Crippen LogP contribution is -2.64. The number of ether oxygens (including phenoxy) is 1. The third-order valence-electron chi connectivity index (χ3n) is 6.54. The van der Waals surface area contributed by atoms with Crippen molar-refractivity contribution < 1.29 is 27.6 Å². The maximum Gasteiger partial charge on any atom is 0.411 e. The summed E-state index contributed by atoms with van der Waals surface area (Å²) in [7, 11) is 1.85. The quantitative estimate of drug-likeness (QED) is 0.456. The molecule has 3 aromatic rings. The molecule has 1 aliphatic heterocycles. The average molecular weight is 427 g/mol. The summed E-state index contributed by atoms with van der Waals surface area (Å²) >= 11 is 0. The fourth-order valence-corrected chi connectivity index (χ4v) is 4.84. The Morgan fingerprint density at radius 1 is 1.13 bits per heavy atom. The van der Waals surface area contributed by atoms with Crippen molar-refractivity contribution in [3.05, 3.63) is 71.2 Å². The van der Waals surface area contributed by atoms with Gasteiger partial charge in [0, 0.05) is 49.6 Å². The lowest BCUT2D eigenvalue weighted by atomic mass is 9.80. The monoisotopic (exact) mass is 427 g/mol. The summed E-state index contributed by atoms with van der Waals surface area (Å²) in [6.45, 7) is 7.56. The second-order valence-corrected chi connectivity index (χ2v) is 8.05. The summed E-state index contributed by atoms with van der Waals surface area (Å²) in [6, 6.07) is 9.44. The molecule has 0 saturated heterocycles. The molecular formula is C24H27F2N3O2+2. The fraction of sp³-hybridized carbons (Fsp3) is 0.375. The van der Waals surface area contributed by atoms with E-state index in [9.17, 15) is 9.18 Å². The van der Waals surface area contributed by atoms with Gasteiger partial charge in [-0.3, -0.25) is 0 Å². The van der Waals surface area contributed by atoms with E-state index in [0.717, 1.165) is 11.8 Å². The second-order valence-electron chi connectivity index (χ2n) is 8.05. The molecule has 4 rings (SSSR count). The molecule has 162 valence electrons. The molecule has 0 amide bonds. The van der Waals surface area contributed by atoms with Gasteiger partial charge in [-0.2, -0.15) is 9.25 Å². The molecule has 0 N–H and O–H groups in total. The smallest absolute Gasteiger partial charge is 0.395 e. The number of hydrogen-bond donors (Lipinski definition) is 0. The number of carbonyl (C=O) groups excluding carboxylic acids is 1. The number of cyclic esters (lactones) is 1. The third kappa shape index (κ3) is 3.06. The SMILES string of the molecule is CCC1(CC)c2cc(F)cc(F)c2-c2cccc[n+]2C(C)OC(=O)c2cc(C)n(C)[n+]21. The Labute approximate surface area is 180 Å². The molecule has 1 aromatic carbocycles. The molecule has 2 aromatic heterocycles. The van der Waals surface area contributed by atoms with Crippen molar-refractivity contribution >= 4 is 5.97 Å². The Balaban J connectivity index is 2.24. The van der Waals surface area contributed by atoms with Crippen LogP contribution < -0.4 is 9.25 Å². The van der Waals surface area contributed by atoms with E-state index in [0.29, 0.717) is 35.4 Å². The highest BCUT2D eigenvalue weighted by Crippen LogP contribution is 2.38. The number of halogens is 2. The van der Waals surface area contributed by atoms with E-state index in [-0.39, 0.29) is 0 Å². The minimum absolute atomic E-state index is 0.313. The predicted molar refractivity (Wildman–Crippen MR) is 110 cm³/mol. The van der Waals surface area contributed by atoms with Crippen molar-refractivity contribution in [1.29, 1.82) is 0 Å². The summed E-state index contributed by atoms with van der Waals surface area (Å²) in [5.41, 5.74) is 1.66. The van der Waals surface area contributed by atoms with Crippen molar-refractivity contribution in [2.75, 3.05) is 0 Å². The van der Waals surface area contributed by atoms with Crippen LogP contribution in [0.1, 0.15) is 61.6 Å². The zero-order chi connectivity index (χ0) is 22.5. The molecule has 3 heterocycles. The van der Waals surface area contributed by atoms with Crippen molar-refractivity contribution in [3.63, 3.8) is 0 Å². The number of hydrogen-bond acceptors (Lipinski definition) is 2. The average Bonchev–Trinajstić information content (AvgIpc) is 3.04. The summed E-state index contributed by atoms with van der Waals surface area (Å²) in [4.78, 5) is 13.3. The minimum atomic E-state index is -0.871. The van der Waals surface area contributed by atoms with Gasteiger partial charge in [0.1, 0.15) is 11.6 Å². The summed E-state index contributed by atoms with van der Waals surface area (Å²) in [5.74, 6) is -1.77. The van der Waals surface area contributed by atoms with E-state index in [2.05, 4.69) is 0 Å². The van der Waals surface area contributed by atoms with Crippen LogP contribution in [0.15, 0.2) is 42.6 Å². The van der Waals surface area contributed by atoms with Crippen LogP contribution in [-0.4, -0.2) is 10.7 Å². The Morgan fingerprint density at radius 2 is 1.84 bits per heavy atom. The number of pyridine rings is 1. The van der Waals surface area contributed by atoms with Crippen LogP contribution in [0.3, 0.4) is 0 Å². The molecule has 1 aliphatic rings. The molecule has 1 atom stereocenters. The number of aromatic nitrogens is 3. The second kappa shape index (κ2) is 7.55. The largest absolute Gasteiger partial charge is 0.411 e. The first-order chi connectivity index (χ1) is 14.7. The molecule has 5 nitrogen and oxygen atoms in total. The Bertz CT molecular complexity index is 1180. The van der Waals surface area contributed by atoms with Crippen molar-refractivity contribution in [1.82, 2.24) is 4.68 Å². The van der Waals surface area contributed by atoms with E-state index >= 15 is 4.39 Å². The lowest BCUT2D eigenvalue weighted by molar-refractivity contribution is -0.827. The van der Waals surface area contributed by atoms with E-state index in [4.69, 9.17) is 4.74 Å². The standard InChI is InChI=1S/C24H27F2N3O2/c1-6-24(7-2)18-13-17(25)14-19(26)22(18)20-10-8-9-11-28(20)16(4)31-23(30)21-12-15(3)27(5)29(21)24/h8-14,16H,6-7H2,1-5H3/q+2. The minimum Gasteiger partial charge on any atom is -0.395 e. The molecule has 0 bridgehead atoms. The first-order valence-corrected chi connectivity index (χ1v) is 10.5. The van der Waals surface area contributed by atoms with Crippen molar-refractivity contribution in [3.8, 4) is 11.3 Å². The maximum absolute atomic E-state index is 15.5. The molecule has 0 aliphatic carbocycles. The van der Waals surface area contributed by atoms with Crippen LogP contribution in [0.25, 0.3) is 11.3 Å². The number of carbonyl (C=O) groups is 1. The third-order valence-corrected chi connectivity index (χ3v) is 6.54. The fourth-order valence-electron chi connectivity index (χ4n) is 4.84. The first kappa shape index (κ1) is 21.2. The number of benzene rings is 1. The Hall–Kier alpha value is -3.09. The Morgan fingerprint density at radius 3 is 2.52 bits per heavy atom. The van der Waals surface area contributed by atoms with Crippen LogP contribution in [-0.2, 0) is 17.3 Å². The molecule has 1 unspecified atom stereocenters. The van der Waals surface area contributed by atoms with E-state index in [1.165, 1.54) is 6.07 Å². The van der Waals surface area contributed by atoms with Gasteiger partial charge in [0.15, 0.2) is 6.20 Å². The van der Waals surface area contributed by atoms with Crippen LogP contribution in [0.2, 0.25) is 0 Å². The van der Waals surface area contributed by atoms with Gasteiger partial charge in [0.25, 0.3) is 0 Å². The highest BCUT2D eigenvalue weighted by atomic mass is 19.1. The molecule has 0 radical (unpaired) electrons. The molecule has 0 saturated carbocycles. The molecule has 7 heteroatoms. The topological polar surface area (TPSA) is 39.0 Å². The van der Waals surface area contributed by atoms with Crippen LogP contribution in [0, 0.1) is 18.6 Å². The molecule has 31 heavy (non-hydrogen) atoms. The summed E-state index contributed by atoms with van der Waals surface area (Å²) in [6.07, 6.45) is 2.09. The number of esters is 1. The zero-order valence-electron chi connectivity index (χ0n) is 18.4. The highest BCUT2D eigenvalue weighted by molar-refractivity contribution is 5.86. The van der Waals surface area contributed by atoms with Crippen molar-refractivity contribution in [2.45, 2.75) is 52.3 Å². The number of rotatable bonds is 2. The normalized spacial score (nSPS) is 17.4. The van der Waals surface area contributed by atoms with Gasteiger partial charge in [-0.25, -0.2) is 13.6 Å². The van der Waals surface area contributed by atoms with Crippen molar-refractivity contribution in [2.24, 2.45) is 7.05 Å². The van der Waals surface area contributed by atoms with E-state index in [1.54, 1.807) is 42.0 Å². The van der Waals surface area contributed by atoms with Gasteiger partial charge in [-0.15, -0.1) is 0 Å². The molecule has 0 fully saturated rings. The van der Waals surface area contributed by atoms with Crippen LogP contribution >= 0.6 is 0 Å². The molecule has 0 spiro atoms.